The first-order valence-electron chi connectivity index (χ1n) is 6.56. The van der Waals surface area contributed by atoms with Crippen molar-refractivity contribution in [3.05, 3.63) is 35.9 Å². The average molecular weight is 282 g/mol. The van der Waals surface area contributed by atoms with Gasteiger partial charge in [0.25, 0.3) is 0 Å². The van der Waals surface area contributed by atoms with Gasteiger partial charge in [0.15, 0.2) is 0 Å². The summed E-state index contributed by atoms with van der Waals surface area (Å²) in [7, 11) is 0. The molecule has 0 amide bonds. The minimum atomic E-state index is 0. The minimum Gasteiger partial charge on any atom is -0.295 e. The Morgan fingerprint density at radius 3 is 3.00 bits per heavy atom. The molecular weight excluding hydrogens is 262 g/mol. The molecule has 1 aromatic rings. The van der Waals surface area contributed by atoms with Gasteiger partial charge in [-0.1, -0.05) is 31.2 Å². The summed E-state index contributed by atoms with van der Waals surface area (Å²) in [6.07, 6.45) is 4.94. The second-order valence-corrected chi connectivity index (χ2v) is 5.87. The fraction of sp³-hybridized carbons (Fsp3) is 0.467. The van der Waals surface area contributed by atoms with Gasteiger partial charge in [-0.05, 0) is 36.6 Å². The van der Waals surface area contributed by atoms with Crippen LogP contribution in [-0.2, 0) is 0 Å². The Bertz CT molecular complexity index is 444. The third kappa shape index (κ3) is 2.47. The van der Waals surface area contributed by atoms with Crippen molar-refractivity contribution in [3.63, 3.8) is 0 Å². The van der Waals surface area contributed by atoms with Crippen LogP contribution in [0.4, 0.5) is 0 Å². The van der Waals surface area contributed by atoms with E-state index in [0.29, 0.717) is 6.04 Å². The monoisotopic (exact) mass is 281 g/mol. The molecule has 1 nitrogen and oxygen atoms in total. The molecule has 2 heterocycles. The Morgan fingerprint density at radius 1 is 1.33 bits per heavy atom. The molecule has 98 valence electrons. The highest BCUT2D eigenvalue weighted by Gasteiger charge is 2.30. The van der Waals surface area contributed by atoms with Crippen molar-refractivity contribution in [2.24, 2.45) is 0 Å². The number of thioether (sulfide) groups is 1. The van der Waals surface area contributed by atoms with Crippen LogP contribution in [-0.4, -0.2) is 29.8 Å². The SMILES string of the molecule is CCCN1CCC=C2c3ccccc3SCC21.Cl. The van der Waals surface area contributed by atoms with E-state index >= 15 is 0 Å². The molecule has 1 unspecified atom stereocenters. The summed E-state index contributed by atoms with van der Waals surface area (Å²) in [6.45, 7) is 4.76. The van der Waals surface area contributed by atoms with E-state index in [1.165, 1.54) is 42.1 Å². The number of hydrogen-bond donors (Lipinski definition) is 0. The maximum atomic E-state index is 2.66. The van der Waals surface area contributed by atoms with Gasteiger partial charge in [0.2, 0.25) is 0 Å². The van der Waals surface area contributed by atoms with Gasteiger partial charge in [0.05, 0.1) is 0 Å². The molecule has 0 aliphatic carbocycles. The van der Waals surface area contributed by atoms with Crippen molar-refractivity contribution in [3.8, 4) is 0 Å². The Kier molecular flexibility index (Phi) is 4.77. The highest BCUT2D eigenvalue weighted by atomic mass is 35.5. The lowest BCUT2D eigenvalue weighted by Crippen LogP contribution is -2.42. The van der Waals surface area contributed by atoms with E-state index in [2.05, 4.69) is 42.2 Å². The van der Waals surface area contributed by atoms with Gasteiger partial charge in [-0.25, -0.2) is 0 Å². The van der Waals surface area contributed by atoms with Crippen molar-refractivity contribution < 1.29 is 0 Å². The topological polar surface area (TPSA) is 3.24 Å². The van der Waals surface area contributed by atoms with E-state index in [1.807, 2.05) is 11.8 Å². The number of benzene rings is 1. The molecule has 0 radical (unpaired) electrons. The smallest absolute Gasteiger partial charge is 0.0445 e. The molecule has 0 saturated carbocycles. The Morgan fingerprint density at radius 2 is 2.17 bits per heavy atom. The fourth-order valence-electron chi connectivity index (χ4n) is 2.91. The third-order valence-electron chi connectivity index (χ3n) is 3.69. The Labute approximate surface area is 120 Å². The van der Waals surface area contributed by atoms with Crippen LogP contribution in [0.2, 0.25) is 0 Å². The number of fused-ring (bicyclic) bond motifs is 3. The maximum absolute atomic E-state index is 2.66. The van der Waals surface area contributed by atoms with Crippen LogP contribution in [0, 0.1) is 0 Å². The van der Waals surface area contributed by atoms with Gasteiger partial charge in [0, 0.05) is 23.2 Å². The van der Waals surface area contributed by atoms with E-state index in [4.69, 9.17) is 0 Å². The standard InChI is InChI=1S/C15H19NS.ClH/c1-2-9-16-10-5-7-12-13-6-3-4-8-15(13)17-11-14(12)16;/h3-4,6-8,14H,2,5,9-11H2,1H3;1H. The molecule has 0 spiro atoms. The first kappa shape index (κ1) is 14.0. The van der Waals surface area contributed by atoms with Crippen molar-refractivity contribution in [2.45, 2.75) is 30.7 Å². The summed E-state index contributed by atoms with van der Waals surface area (Å²) in [6, 6.07) is 9.52. The van der Waals surface area contributed by atoms with Crippen LogP contribution in [0.1, 0.15) is 25.3 Å². The van der Waals surface area contributed by atoms with Crippen LogP contribution in [0.25, 0.3) is 5.57 Å². The molecule has 18 heavy (non-hydrogen) atoms. The van der Waals surface area contributed by atoms with Crippen molar-refractivity contribution in [1.29, 1.82) is 0 Å². The lowest BCUT2D eigenvalue weighted by Gasteiger charge is -2.39. The maximum Gasteiger partial charge on any atom is 0.0445 e. The molecule has 0 bridgehead atoms. The first-order valence-corrected chi connectivity index (χ1v) is 7.55. The van der Waals surface area contributed by atoms with E-state index in [9.17, 15) is 0 Å². The molecule has 1 atom stereocenters. The number of nitrogens with zero attached hydrogens (tertiary/aromatic N) is 1. The van der Waals surface area contributed by atoms with Gasteiger partial charge in [-0.15, -0.1) is 24.2 Å². The molecule has 3 rings (SSSR count). The Balaban J connectivity index is 0.00000120. The third-order valence-corrected chi connectivity index (χ3v) is 4.84. The molecule has 0 saturated heterocycles. The zero-order valence-electron chi connectivity index (χ0n) is 10.8. The number of rotatable bonds is 2. The van der Waals surface area contributed by atoms with E-state index < -0.39 is 0 Å². The van der Waals surface area contributed by atoms with Crippen LogP contribution in [0.3, 0.4) is 0 Å². The number of halogens is 1. The first-order chi connectivity index (χ1) is 8.40. The normalized spacial score (nSPS) is 22.5. The predicted octanol–water partition coefficient (Wildman–Crippen LogP) is 4.08. The van der Waals surface area contributed by atoms with Gasteiger partial charge >= 0.3 is 0 Å². The quantitative estimate of drug-likeness (QED) is 0.804. The molecule has 0 aromatic heterocycles. The second kappa shape index (κ2) is 6.14. The highest BCUT2D eigenvalue weighted by molar-refractivity contribution is 7.99. The zero-order chi connectivity index (χ0) is 11.7. The van der Waals surface area contributed by atoms with E-state index in [1.54, 1.807) is 5.57 Å². The highest BCUT2D eigenvalue weighted by Crippen LogP contribution is 2.40. The van der Waals surface area contributed by atoms with Gasteiger partial charge in [-0.2, -0.15) is 0 Å². The van der Waals surface area contributed by atoms with Gasteiger partial charge in [-0.3, -0.25) is 4.90 Å². The van der Waals surface area contributed by atoms with Crippen molar-refractivity contribution in [2.75, 3.05) is 18.8 Å². The molecule has 0 fully saturated rings. The van der Waals surface area contributed by atoms with Crippen LogP contribution >= 0.6 is 24.2 Å². The molecule has 2 aliphatic rings. The van der Waals surface area contributed by atoms with E-state index in [-0.39, 0.29) is 12.4 Å². The Hall–Kier alpha value is -0.440. The second-order valence-electron chi connectivity index (χ2n) is 4.81. The van der Waals surface area contributed by atoms with Crippen LogP contribution < -0.4 is 0 Å². The molecule has 0 N–H and O–H groups in total. The fourth-order valence-corrected chi connectivity index (χ4v) is 4.16. The lowest BCUT2D eigenvalue weighted by molar-refractivity contribution is 0.246. The average Bonchev–Trinajstić information content (AvgIpc) is 2.39. The predicted molar refractivity (Wildman–Crippen MR) is 82.7 cm³/mol. The van der Waals surface area contributed by atoms with Gasteiger partial charge < -0.3 is 0 Å². The van der Waals surface area contributed by atoms with E-state index in [0.717, 1.165) is 0 Å². The number of hydrogen-bond acceptors (Lipinski definition) is 2. The summed E-state index contributed by atoms with van der Waals surface area (Å²) in [4.78, 5) is 4.13. The summed E-state index contributed by atoms with van der Waals surface area (Å²) < 4.78 is 0. The van der Waals surface area contributed by atoms with Crippen molar-refractivity contribution >= 4 is 29.7 Å². The molecular formula is C15H20ClNS. The minimum absolute atomic E-state index is 0. The van der Waals surface area contributed by atoms with Crippen LogP contribution in [0.5, 0.6) is 0 Å². The molecule has 3 heteroatoms. The summed E-state index contributed by atoms with van der Waals surface area (Å²) >= 11 is 2.02. The summed E-state index contributed by atoms with van der Waals surface area (Å²) in [5, 5.41) is 0. The van der Waals surface area contributed by atoms with Crippen molar-refractivity contribution in [1.82, 2.24) is 4.90 Å². The summed E-state index contributed by atoms with van der Waals surface area (Å²) in [5.41, 5.74) is 3.06. The largest absolute Gasteiger partial charge is 0.295 e. The molecule has 1 aromatic carbocycles. The lowest BCUT2D eigenvalue weighted by atomic mass is 9.93. The zero-order valence-corrected chi connectivity index (χ0v) is 12.4. The molecule has 2 aliphatic heterocycles. The summed E-state index contributed by atoms with van der Waals surface area (Å²) in [5.74, 6) is 1.23. The van der Waals surface area contributed by atoms with Crippen LogP contribution in [0.15, 0.2) is 35.2 Å². The van der Waals surface area contributed by atoms with Gasteiger partial charge in [0.1, 0.15) is 0 Å².